The Morgan fingerprint density at radius 1 is 0.600 bits per heavy atom. The molecule has 0 atom stereocenters. The van der Waals surface area contributed by atoms with Crippen LogP contribution in [0.2, 0.25) is 0 Å². The van der Waals surface area contributed by atoms with Crippen LogP contribution in [0, 0.1) is 0 Å². The van der Waals surface area contributed by atoms with Gasteiger partial charge in [0.25, 0.3) is 0 Å². The van der Waals surface area contributed by atoms with Crippen molar-refractivity contribution in [2.75, 3.05) is 40.0 Å². The summed E-state index contributed by atoms with van der Waals surface area (Å²) >= 11 is 0. The zero-order valence-corrected chi connectivity index (χ0v) is 15.2. The molecule has 0 unspecified atom stereocenters. The van der Waals surface area contributed by atoms with Gasteiger partial charge < -0.3 is 0 Å². The molecule has 2 nitrogen and oxygen atoms in total. The van der Waals surface area contributed by atoms with Gasteiger partial charge in [0.15, 0.2) is 0 Å². The molecule has 0 fully saturated rings. The molecule has 20 heavy (non-hydrogen) atoms. The van der Waals surface area contributed by atoms with Gasteiger partial charge in [0.2, 0.25) is 0 Å². The van der Waals surface area contributed by atoms with Crippen molar-refractivity contribution >= 4 is 15.8 Å². The van der Waals surface area contributed by atoms with E-state index in [0.717, 1.165) is 11.4 Å². The number of pyridine rings is 2. The minimum atomic E-state index is 0.380. The van der Waals surface area contributed by atoms with E-state index in [9.17, 15) is 0 Å². The lowest BCUT2D eigenvalue weighted by Gasteiger charge is -1.96. The molecule has 0 saturated heterocycles. The van der Waals surface area contributed by atoms with E-state index in [4.69, 9.17) is 0 Å². The summed E-state index contributed by atoms with van der Waals surface area (Å²) in [5, 5.41) is 0. The molecule has 0 saturated carbocycles. The van der Waals surface area contributed by atoms with Gasteiger partial charge in [0, 0.05) is 12.4 Å². The van der Waals surface area contributed by atoms with Crippen molar-refractivity contribution in [2.45, 2.75) is 0 Å². The molecule has 0 N–H and O–H groups in total. The quantitative estimate of drug-likeness (QED) is 0.703. The summed E-state index contributed by atoms with van der Waals surface area (Å²) in [7, 11) is 0.759. The van der Waals surface area contributed by atoms with E-state index in [-0.39, 0.29) is 0 Å². The molecule has 0 aromatic carbocycles. The first-order valence-corrected chi connectivity index (χ1v) is 11.8. The first-order valence-electron chi connectivity index (χ1n) is 6.47. The number of hydrogen-bond acceptors (Lipinski definition) is 2. The molecule has 0 spiro atoms. The monoisotopic (exact) mass is 308 g/mol. The third-order valence-electron chi connectivity index (χ3n) is 1.59. The summed E-state index contributed by atoms with van der Waals surface area (Å²) in [6, 6.07) is 11.6. The van der Waals surface area contributed by atoms with Crippen molar-refractivity contribution in [1.82, 2.24) is 9.97 Å². The second-order valence-electron chi connectivity index (χ2n) is 5.11. The number of hydrogen-bond donors (Lipinski definition) is 0. The van der Waals surface area contributed by atoms with Gasteiger partial charge in [0.05, 0.1) is 11.4 Å². The Balaban J connectivity index is 0.000000380. The Bertz CT molecular complexity index is 382. The van der Waals surface area contributed by atoms with Crippen molar-refractivity contribution in [3.05, 3.63) is 48.8 Å². The van der Waals surface area contributed by atoms with E-state index in [0.29, 0.717) is 15.8 Å². The fourth-order valence-electron chi connectivity index (χ4n) is 1.03. The van der Waals surface area contributed by atoms with Crippen LogP contribution in [0.4, 0.5) is 0 Å². The topological polar surface area (TPSA) is 25.8 Å². The minimum Gasteiger partial charge on any atom is -0.255 e. The van der Waals surface area contributed by atoms with E-state index in [2.05, 4.69) is 50.0 Å². The van der Waals surface area contributed by atoms with Crippen molar-refractivity contribution in [1.29, 1.82) is 0 Å². The Labute approximate surface area is 126 Å². The molecule has 2 aromatic rings. The van der Waals surface area contributed by atoms with Crippen molar-refractivity contribution in [3.63, 3.8) is 0 Å². The smallest absolute Gasteiger partial charge is 0.0886 e. The van der Waals surface area contributed by atoms with Gasteiger partial charge in [-0.05, 0) is 64.3 Å². The average Bonchev–Trinajstić information content (AvgIpc) is 2.39. The second-order valence-corrected chi connectivity index (χ2v) is 10.5. The molecule has 4 heteroatoms. The maximum atomic E-state index is 4.19. The molecule has 110 valence electrons. The zero-order valence-electron chi connectivity index (χ0n) is 13.4. The van der Waals surface area contributed by atoms with Gasteiger partial charge in [-0.2, -0.15) is 0 Å². The average molecular weight is 308 g/mol. The number of nitrogens with zero attached hydrogens (tertiary/aromatic N) is 2. The number of aromatic nitrogens is 2. The minimum absolute atomic E-state index is 0.380. The Morgan fingerprint density at radius 2 is 0.900 bits per heavy atom. The van der Waals surface area contributed by atoms with E-state index in [1.165, 1.54) is 0 Å². The molecular formula is C16H26N2P2. The van der Waals surface area contributed by atoms with Crippen LogP contribution in [0.3, 0.4) is 0 Å². The lowest BCUT2D eigenvalue weighted by molar-refractivity contribution is 1.25. The molecule has 2 rings (SSSR count). The highest BCUT2D eigenvalue weighted by atomic mass is 31.1. The maximum Gasteiger partial charge on any atom is 0.0886 e. The first-order chi connectivity index (χ1) is 9.43. The molecule has 0 aliphatic carbocycles. The highest BCUT2D eigenvalue weighted by Crippen LogP contribution is 2.15. The summed E-state index contributed by atoms with van der Waals surface area (Å²) in [5.74, 6) is 0. The van der Waals surface area contributed by atoms with Crippen LogP contribution in [-0.4, -0.2) is 50.0 Å². The van der Waals surface area contributed by atoms with Crippen LogP contribution < -0.4 is 0 Å². The van der Waals surface area contributed by atoms with Gasteiger partial charge >= 0.3 is 0 Å². The third-order valence-corrected chi connectivity index (χ3v) is 1.59. The fraction of sp³-hybridized carbons (Fsp3) is 0.375. The Kier molecular flexibility index (Phi) is 11.4. The predicted octanol–water partition coefficient (Wildman–Crippen LogP) is 4.86. The standard InChI is InChI=1S/C10H8N2.2C3H9P/c1-3-7-11-9(5-1)10-6-2-4-8-12-10;2*1-4(2)3/h1-8H;2*1-3H3. The molecule has 0 aliphatic heterocycles. The SMILES string of the molecule is CP(C)C.CP(C)C.c1ccc(-c2ccccn2)nc1. The largest absolute Gasteiger partial charge is 0.255 e. The van der Waals surface area contributed by atoms with Gasteiger partial charge in [-0.1, -0.05) is 12.1 Å². The lowest BCUT2D eigenvalue weighted by Crippen LogP contribution is -1.83. The fourth-order valence-corrected chi connectivity index (χ4v) is 1.03. The highest BCUT2D eigenvalue weighted by Gasteiger charge is 1.95. The normalized spacial score (nSPS) is 9.40. The molecule has 2 heterocycles. The van der Waals surface area contributed by atoms with Gasteiger partial charge in [-0.15, -0.1) is 15.8 Å². The molecule has 0 radical (unpaired) electrons. The van der Waals surface area contributed by atoms with E-state index >= 15 is 0 Å². The molecule has 0 aliphatic rings. The van der Waals surface area contributed by atoms with Crippen molar-refractivity contribution in [2.24, 2.45) is 0 Å². The van der Waals surface area contributed by atoms with Gasteiger partial charge in [-0.25, -0.2) is 0 Å². The molecule has 2 aromatic heterocycles. The Hall–Kier alpha value is -0.840. The van der Waals surface area contributed by atoms with Crippen LogP contribution in [-0.2, 0) is 0 Å². The predicted molar refractivity (Wildman–Crippen MR) is 96.9 cm³/mol. The van der Waals surface area contributed by atoms with Crippen LogP contribution >= 0.6 is 15.8 Å². The molecular weight excluding hydrogens is 282 g/mol. The summed E-state index contributed by atoms with van der Waals surface area (Å²) in [5.41, 5.74) is 1.83. The Morgan fingerprint density at radius 3 is 1.10 bits per heavy atom. The van der Waals surface area contributed by atoms with Crippen LogP contribution in [0.1, 0.15) is 0 Å². The van der Waals surface area contributed by atoms with E-state index in [1.807, 2.05) is 36.4 Å². The highest BCUT2D eigenvalue weighted by molar-refractivity contribution is 7.55. The molecule has 0 bridgehead atoms. The van der Waals surface area contributed by atoms with Crippen molar-refractivity contribution in [3.8, 4) is 11.4 Å². The number of rotatable bonds is 1. The van der Waals surface area contributed by atoms with Crippen LogP contribution in [0.15, 0.2) is 48.8 Å². The van der Waals surface area contributed by atoms with Crippen molar-refractivity contribution < 1.29 is 0 Å². The summed E-state index contributed by atoms with van der Waals surface area (Å²) < 4.78 is 0. The maximum absolute atomic E-state index is 4.19. The van der Waals surface area contributed by atoms with Gasteiger partial charge in [-0.3, -0.25) is 9.97 Å². The van der Waals surface area contributed by atoms with Crippen LogP contribution in [0.25, 0.3) is 11.4 Å². The molecule has 0 amide bonds. The lowest BCUT2D eigenvalue weighted by atomic mass is 10.2. The first kappa shape index (κ1) is 19.2. The van der Waals surface area contributed by atoms with Crippen LogP contribution in [0.5, 0.6) is 0 Å². The van der Waals surface area contributed by atoms with Gasteiger partial charge in [0.1, 0.15) is 0 Å². The summed E-state index contributed by atoms with van der Waals surface area (Å²) in [4.78, 5) is 8.37. The second kappa shape index (κ2) is 11.9. The zero-order chi connectivity index (χ0) is 15.4. The third kappa shape index (κ3) is 12.2. The van der Waals surface area contributed by atoms with E-state index in [1.54, 1.807) is 12.4 Å². The van der Waals surface area contributed by atoms with E-state index < -0.39 is 0 Å². The summed E-state index contributed by atoms with van der Waals surface area (Å²) in [6.45, 7) is 13.4. The summed E-state index contributed by atoms with van der Waals surface area (Å²) in [6.07, 6.45) is 3.54.